The molecule has 0 bridgehead atoms. The van der Waals surface area contributed by atoms with E-state index >= 15 is 0 Å². The van der Waals surface area contributed by atoms with Gasteiger partial charge in [-0.15, -0.1) is 0 Å². The van der Waals surface area contributed by atoms with Crippen LogP contribution < -0.4 is 4.90 Å². The first-order valence-electron chi connectivity index (χ1n) is 6.66. The van der Waals surface area contributed by atoms with Gasteiger partial charge in [0.15, 0.2) is 0 Å². The molecular formula is C14H23N3O. The second kappa shape index (κ2) is 4.50. The third kappa shape index (κ3) is 2.21. The average Bonchev–Trinajstić information content (AvgIpc) is 2.52. The SMILES string of the molecule is CCc1c(C)nc(C)nc1N1CC(C)C(C)(O)C1. The van der Waals surface area contributed by atoms with Crippen LogP contribution in [0.4, 0.5) is 5.82 Å². The van der Waals surface area contributed by atoms with Gasteiger partial charge in [0.2, 0.25) is 0 Å². The molecule has 18 heavy (non-hydrogen) atoms. The number of β-amino-alcohol motifs (C(OH)–C–C–N with tert-alkyl or cyclic N) is 1. The van der Waals surface area contributed by atoms with E-state index < -0.39 is 5.60 Å². The Kier molecular flexibility index (Phi) is 3.32. The summed E-state index contributed by atoms with van der Waals surface area (Å²) in [5.41, 5.74) is 1.63. The van der Waals surface area contributed by atoms with E-state index in [-0.39, 0.29) is 5.92 Å². The van der Waals surface area contributed by atoms with Gasteiger partial charge in [-0.25, -0.2) is 9.97 Å². The summed E-state index contributed by atoms with van der Waals surface area (Å²) in [6.07, 6.45) is 0.925. The molecule has 100 valence electrons. The van der Waals surface area contributed by atoms with E-state index in [0.29, 0.717) is 6.54 Å². The van der Waals surface area contributed by atoms with Crippen LogP contribution in [-0.4, -0.2) is 33.8 Å². The Bertz CT molecular complexity index is 457. The van der Waals surface area contributed by atoms with Crippen LogP contribution in [0.2, 0.25) is 0 Å². The third-order valence-corrected chi connectivity index (χ3v) is 4.02. The van der Waals surface area contributed by atoms with Crippen molar-refractivity contribution >= 4 is 5.82 Å². The summed E-state index contributed by atoms with van der Waals surface area (Å²) in [6.45, 7) is 11.6. The highest BCUT2D eigenvalue weighted by atomic mass is 16.3. The fourth-order valence-electron chi connectivity index (χ4n) is 2.69. The second-order valence-electron chi connectivity index (χ2n) is 5.65. The summed E-state index contributed by atoms with van der Waals surface area (Å²) < 4.78 is 0. The normalized spacial score (nSPS) is 27.9. The van der Waals surface area contributed by atoms with Gasteiger partial charge in [-0.2, -0.15) is 0 Å². The second-order valence-corrected chi connectivity index (χ2v) is 5.65. The average molecular weight is 249 g/mol. The van der Waals surface area contributed by atoms with Crippen LogP contribution in [0.5, 0.6) is 0 Å². The van der Waals surface area contributed by atoms with Crippen molar-refractivity contribution in [2.45, 2.75) is 46.6 Å². The van der Waals surface area contributed by atoms with Crippen LogP contribution in [0, 0.1) is 19.8 Å². The lowest BCUT2D eigenvalue weighted by Crippen LogP contribution is -2.33. The zero-order valence-electron chi connectivity index (χ0n) is 12.0. The molecule has 0 aliphatic carbocycles. The van der Waals surface area contributed by atoms with Crippen molar-refractivity contribution in [1.82, 2.24) is 9.97 Å². The largest absolute Gasteiger partial charge is 0.388 e. The van der Waals surface area contributed by atoms with E-state index in [1.165, 1.54) is 5.56 Å². The Labute approximate surface area is 109 Å². The number of anilines is 1. The number of aryl methyl sites for hydroxylation is 2. The summed E-state index contributed by atoms with van der Waals surface area (Å²) in [5.74, 6) is 2.07. The van der Waals surface area contributed by atoms with Crippen LogP contribution >= 0.6 is 0 Å². The highest BCUT2D eigenvalue weighted by Crippen LogP contribution is 2.32. The van der Waals surface area contributed by atoms with Crippen molar-refractivity contribution in [2.24, 2.45) is 5.92 Å². The van der Waals surface area contributed by atoms with Gasteiger partial charge in [0.1, 0.15) is 11.6 Å². The lowest BCUT2D eigenvalue weighted by molar-refractivity contribution is 0.0443. The van der Waals surface area contributed by atoms with Crippen LogP contribution in [0.25, 0.3) is 0 Å². The number of aliphatic hydroxyl groups is 1. The first-order chi connectivity index (χ1) is 8.35. The molecule has 1 aromatic heterocycles. The minimum Gasteiger partial charge on any atom is -0.388 e. The molecule has 4 nitrogen and oxygen atoms in total. The van der Waals surface area contributed by atoms with Crippen molar-refractivity contribution in [3.05, 3.63) is 17.1 Å². The quantitative estimate of drug-likeness (QED) is 0.869. The van der Waals surface area contributed by atoms with Crippen molar-refractivity contribution < 1.29 is 5.11 Å². The van der Waals surface area contributed by atoms with Crippen molar-refractivity contribution in [2.75, 3.05) is 18.0 Å². The molecular weight excluding hydrogens is 226 g/mol. The van der Waals surface area contributed by atoms with Crippen LogP contribution in [-0.2, 0) is 6.42 Å². The zero-order chi connectivity index (χ0) is 13.5. The molecule has 1 saturated heterocycles. The molecule has 1 aliphatic heterocycles. The molecule has 2 unspecified atom stereocenters. The fraction of sp³-hybridized carbons (Fsp3) is 0.714. The molecule has 1 fully saturated rings. The molecule has 1 aliphatic rings. The first kappa shape index (κ1) is 13.3. The Morgan fingerprint density at radius 1 is 1.39 bits per heavy atom. The molecule has 1 aromatic rings. The number of nitrogens with zero attached hydrogens (tertiary/aromatic N) is 3. The monoisotopic (exact) mass is 249 g/mol. The summed E-state index contributed by atoms with van der Waals surface area (Å²) in [4.78, 5) is 11.2. The molecule has 0 aromatic carbocycles. The Morgan fingerprint density at radius 2 is 2.06 bits per heavy atom. The van der Waals surface area contributed by atoms with Gasteiger partial charge in [-0.05, 0) is 27.2 Å². The third-order valence-electron chi connectivity index (χ3n) is 4.02. The summed E-state index contributed by atoms with van der Waals surface area (Å²) in [5, 5.41) is 10.3. The highest BCUT2D eigenvalue weighted by Gasteiger charge is 2.39. The Balaban J connectivity index is 2.40. The molecule has 2 rings (SSSR count). The van der Waals surface area contributed by atoms with Crippen LogP contribution in [0.1, 0.15) is 37.9 Å². The lowest BCUT2D eigenvalue weighted by atomic mass is 9.95. The molecule has 0 saturated carbocycles. The molecule has 2 atom stereocenters. The van der Waals surface area contributed by atoms with Crippen molar-refractivity contribution in [3.63, 3.8) is 0 Å². The van der Waals surface area contributed by atoms with E-state index in [1.54, 1.807) is 0 Å². The molecule has 0 amide bonds. The number of hydrogen-bond acceptors (Lipinski definition) is 4. The maximum absolute atomic E-state index is 10.3. The maximum atomic E-state index is 10.3. The van der Waals surface area contributed by atoms with Crippen LogP contribution in [0.3, 0.4) is 0 Å². The number of hydrogen-bond donors (Lipinski definition) is 1. The Morgan fingerprint density at radius 3 is 2.56 bits per heavy atom. The lowest BCUT2D eigenvalue weighted by Gasteiger charge is -2.23. The van der Waals surface area contributed by atoms with E-state index in [1.807, 2.05) is 20.8 Å². The standard InChI is InChI=1S/C14H23N3O/c1-6-12-10(3)15-11(4)16-13(12)17-7-9(2)14(5,18)8-17/h9,18H,6-8H2,1-5H3. The maximum Gasteiger partial charge on any atom is 0.135 e. The topological polar surface area (TPSA) is 49.2 Å². The van der Waals surface area contributed by atoms with Gasteiger partial charge in [-0.3, -0.25) is 0 Å². The van der Waals surface area contributed by atoms with Gasteiger partial charge in [0, 0.05) is 30.3 Å². The number of aromatic nitrogens is 2. The van der Waals surface area contributed by atoms with Crippen molar-refractivity contribution in [3.8, 4) is 0 Å². The predicted molar refractivity (Wildman–Crippen MR) is 72.9 cm³/mol. The molecule has 4 heteroatoms. The van der Waals surface area contributed by atoms with E-state index in [4.69, 9.17) is 0 Å². The Hall–Kier alpha value is -1.16. The molecule has 0 radical (unpaired) electrons. The van der Waals surface area contributed by atoms with Gasteiger partial charge in [0.05, 0.1) is 5.60 Å². The molecule has 2 heterocycles. The highest BCUT2D eigenvalue weighted by molar-refractivity contribution is 5.50. The van der Waals surface area contributed by atoms with E-state index in [0.717, 1.165) is 30.3 Å². The van der Waals surface area contributed by atoms with Gasteiger partial charge >= 0.3 is 0 Å². The zero-order valence-corrected chi connectivity index (χ0v) is 12.0. The van der Waals surface area contributed by atoms with Crippen LogP contribution in [0.15, 0.2) is 0 Å². The first-order valence-corrected chi connectivity index (χ1v) is 6.66. The molecule has 0 spiro atoms. The minimum absolute atomic E-state index is 0.262. The number of rotatable bonds is 2. The predicted octanol–water partition coefficient (Wildman–Crippen LogP) is 1.86. The summed E-state index contributed by atoms with van der Waals surface area (Å²) in [7, 11) is 0. The summed E-state index contributed by atoms with van der Waals surface area (Å²) >= 11 is 0. The van der Waals surface area contributed by atoms with E-state index in [2.05, 4.69) is 28.7 Å². The minimum atomic E-state index is -0.627. The van der Waals surface area contributed by atoms with Crippen molar-refractivity contribution in [1.29, 1.82) is 0 Å². The summed E-state index contributed by atoms with van der Waals surface area (Å²) in [6, 6.07) is 0. The fourth-order valence-corrected chi connectivity index (χ4v) is 2.69. The van der Waals surface area contributed by atoms with Gasteiger partial charge < -0.3 is 10.0 Å². The molecule has 1 N–H and O–H groups in total. The smallest absolute Gasteiger partial charge is 0.135 e. The van der Waals surface area contributed by atoms with Gasteiger partial charge in [0.25, 0.3) is 0 Å². The van der Waals surface area contributed by atoms with E-state index in [9.17, 15) is 5.11 Å². The van der Waals surface area contributed by atoms with Gasteiger partial charge in [-0.1, -0.05) is 13.8 Å².